The van der Waals surface area contributed by atoms with E-state index in [1.807, 2.05) is 0 Å². The van der Waals surface area contributed by atoms with Crippen LogP contribution in [0, 0.1) is 5.92 Å². The van der Waals surface area contributed by atoms with Gasteiger partial charge >= 0.3 is 0 Å². The van der Waals surface area contributed by atoms with E-state index in [2.05, 4.69) is 52.4 Å². The number of nitrogens with one attached hydrogen (secondary N) is 1. The zero-order valence-corrected chi connectivity index (χ0v) is 16.4. The highest BCUT2D eigenvalue weighted by molar-refractivity contribution is 14.0. The Bertz CT molecular complexity index is 479. The number of piperazine rings is 1. The molecule has 5 heteroatoms. The molecule has 4 nitrogen and oxygen atoms in total. The van der Waals surface area contributed by atoms with Crippen LogP contribution in [-0.2, 0) is 0 Å². The Morgan fingerprint density at radius 2 is 1.83 bits per heavy atom. The molecule has 1 aliphatic heterocycles. The van der Waals surface area contributed by atoms with Crippen molar-refractivity contribution in [2.45, 2.75) is 26.2 Å². The summed E-state index contributed by atoms with van der Waals surface area (Å²) < 4.78 is 0. The smallest absolute Gasteiger partial charge is 0.194 e. The van der Waals surface area contributed by atoms with Crippen molar-refractivity contribution in [1.82, 2.24) is 10.2 Å². The molecule has 1 aliphatic carbocycles. The Labute approximate surface area is 157 Å². The normalized spacial score (nSPS) is 18.6. The van der Waals surface area contributed by atoms with Gasteiger partial charge in [0.1, 0.15) is 0 Å². The summed E-state index contributed by atoms with van der Waals surface area (Å²) >= 11 is 0. The van der Waals surface area contributed by atoms with Crippen molar-refractivity contribution in [3.63, 3.8) is 0 Å². The van der Waals surface area contributed by atoms with Crippen LogP contribution in [0.5, 0.6) is 0 Å². The van der Waals surface area contributed by atoms with Gasteiger partial charge in [0.2, 0.25) is 0 Å². The summed E-state index contributed by atoms with van der Waals surface area (Å²) in [5.74, 6) is 2.07. The molecule has 1 saturated carbocycles. The molecule has 1 aromatic carbocycles. The van der Waals surface area contributed by atoms with Crippen molar-refractivity contribution >= 4 is 35.6 Å². The lowest BCUT2D eigenvalue weighted by Crippen LogP contribution is -2.52. The third-order valence-corrected chi connectivity index (χ3v) is 4.53. The molecule has 2 fully saturated rings. The van der Waals surface area contributed by atoms with E-state index < -0.39 is 0 Å². The molecule has 0 unspecified atom stereocenters. The number of rotatable bonds is 5. The fraction of sp³-hybridized carbons (Fsp3) is 0.611. The largest absolute Gasteiger partial charge is 0.368 e. The molecule has 3 rings (SSSR count). The molecular formula is C18H29IN4. The SMILES string of the molecule is CCNC(=NCCC1CC1)N1CCN(c2ccccc2)CC1.I. The predicted molar refractivity (Wildman–Crippen MR) is 109 cm³/mol. The maximum Gasteiger partial charge on any atom is 0.194 e. The number of halogens is 1. The summed E-state index contributed by atoms with van der Waals surface area (Å²) in [4.78, 5) is 9.70. The monoisotopic (exact) mass is 428 g/mol. The number of benzene rings is 1. The van der Waals surface area contributed by atoms with Crippen molar-refractivity contribution < 1.29 is 0 Å². The molecule has 0 amide bonds. The van der Waals surface area contributed by atoms with E-state index >= 15 is 0 Å². The molecule has 0 aromatic heterocycles. The minimum Gasteiger partial charge on any atom is -0.368 e. The van der Waals surface area contributed by atoms with Crippen LogP contribution in [0.3, 0.4) is 0 Å². The van der Waals surface area contributed by atoms with E-state index in [9.17, 15) is 0 Å². The first kappa shape index (κ1) is 18.4. The van der Waals surface area contributed by atoms with Crippen molar-refractivity contribution in [3.05, 3.63) is 30.3 Å². The minimum atomic E-state index is 0. The van der Waals surface area contributed by atoms with Crippen LogP contribution < -0.4 is 10.2 Å². The molecule has 2 aliphatic rings. The van der Waals surface area contributed by atoms with Crippen LogP contribution in [0.15, 0.2) is 35.3 Å². The van der Waals surface area contributed by atoms with E-state index in [1.165, 1.54) is 24.9 Å². The van der Waals surface area contributed by atoms with Crippen LogP contribution in [0.25, 0.3) is 0 Å². The topological polar surface area (TPSA) is 30.9 Å². The van der Waals surface area contributed by atoms with E-state index in [0.717, 1.165) is 51.1 Å². The molecule has 1 heterocycles. The maximum absolute atomic E-state index is 4.83. The second kappa shape index (κ2) is 9.35. The average Bonchev–Trinajstić information content (AvgIpc) is 3.39. The lowest BCUT2D eigenvalue weighted by molar-refractivity contribution is 0.372. The van der Waals surface area contributed by atoms with Gasteiger partial charge in [-0.3, -0.25) is 4.99 Å². The number of anilines is 1. The molecule has 1 N–H and O–H groups in total. The van der Waals surface area contributed by atoms with Gasteiger partial charge in [0.25, 0.3) is 0 Å². The van der Waals surface area contributed by atoms with Crippen molar-refractivity contribution in [2.75, 3.05) is 44.2 Å². The van der Waals surface area contributed by atoms with E-state index in [-0.39, 0.29) is 24.0 Å². The fourth-order valence-corrected chi connectivity index (χ4v) is 3.00. The van der Waals surface area contributed by atoms with Gasteiger partial charge in [-0.25, -0.2) is 0 Å². The van der Waals surface area contributed by atoms with Crippen molar-refractivity contribution in [1.29, 1.82) is 0 Å². The Hall–Kier alpha value is -0.980. The molecule has 0 bridgehead atoms. The number of hydrogen-bond donors (Lipinski definition) is 1. The Morgan fingerprint density at radius 1 is 1.13 bits per heavy atom. The molecule has 0 radical (unpaired) electrons. The summed E-state index contributed by atoms with van der Waals surface area (Å²) in [5, 5.41) is 3.46. The highest BCUT2D eigenvalue weighted by Gasteiger charge is 2.22. The first-order chi connectivity index (χ1) is 10.9. The first-order valence-electron chi connectivity index (χ1n) is 8.70. The summed E-state index contributed by atoms with van der Waals surface area (Å²) in [5.41, 5.74) is 1.33. The lowest BCUT2D eigenvalue weighted by Gasteiger charge is -2.37. The van der Waals surface area contributed by atoms with Gasteiger partial charge < -0.3 is 15.1 Å². The van der Waals surface area contributed by atoms with E-state index in [4.69, 9.17) is 4.99 Å². The van der Waals surface area contributed by atoms with Gasteiger partial charge in [-0.15, -0.1) is 24.0 Å². The number of nitrogens with zero attached hydrogens (tertiary/aromatic N) is 3. The van der Waals surface area contributed by atoms with Gasteiger partial charge in [-0.1, -0.05) is 31.0 Å². The molecule has 23 heavy (non-hydrogen) atoms. The van der Waals surface area contributed by atoms with Crippen molar-refractivity contribution in [2.24, 2.45) is 10.9 Å². The van der Waals surface area contributed by atoms with Gasteiger partial charge in [0, 0.05) is 45.0 Å². The number of para-hydroxylation sites is 1. The highest BCUT2D eigenvalue weighted by Crippen LogP contribution is 2.32. The molecule has 1 aromatic rings. The Balaban J connectivity index is 0.00000192. The van der Waals surface area contributed by atoms with Crippen LogP contribution in [0.2, 0.25) is 0 Å². The van der Waals surface area contributed by atoms with Gasteiger partial charge in [-0.05, 0) is 31.4 Å². The average molecular weight is 428 g/mol. The second-order valence-corrected chi connectivity index (χ2v) is 6.28. The quantitative estimate of drug-likeness (QED) is 0.444. The maximum atomic E-state index is 4.83. The predicted octanol–water partition coefficient (Wildman–Crippen LogP) is 3.19. The summed E-state index contributed by atoms with van der Waals surface area (Å²) in [6.45, 7) is 8.30. The first-order valence-corrected chi connectivity index (χ1v) is 8.70. The lowest BCUT2D eigenvalue weighted by atomic mass is 10.2. The summed E-state index contributed by atoms with van der Waals surface area (Å²) in [7, 11) is 0. The third-order valence-electron chi connectivity index (χ3n) is 4.53. The van der Waals surface area contributed by atoms with Gasteiger partial charge in [0.15, 0.2) is 5.96 Å². The second-order valence-electron chi connectivity index (χ2n) is 6.28. The standard InChI is InChI=1S/C18H28N4.HI/c1-2-19-18(20-11-10-16-8-9-16)22-14-12-21(13-15-22)17-6-4-3-5-7-17;/h3-7,16H,2,8-15H2,1H3,(H,19,20);1H. The van der Waals surface area contributed by atoms with E-state index in [0.29, 0.717) is 0 Å². The third kappa shape index (κ3) is 5.55. The Morgan fingerprint density at radius 3 is 2.43 bits per heavy atom. The molecule has 128 valence electrons. The summed E-state index contributed by atoms with van der Waals surface area (Å²) in [6, 6.07) is 10.7. The number of guanidine groups is 1. The van der Waals surface area contributed by atoms with Gasteiger partial charge in [0.05, 0.1) is 0 Å². The van der Waals surface area contributed by atoms with Crippen LogP contribution in [-0.4, -0.2) is 50.1 Å². The Kier molecular flexibility index (Phi) is 7.46. The van der Waals surface area contributed by atoms with E-state index in [1.54, 1.807) is 0 Å². The zero-order chi connectivity index (χ0) is 15.2. The zero-order valence-electron chi connectivity index (χ0n) is 14.1. The fourth-order valence-electron chi connectivity index (χ4n) is 3.00. The molecule has 0 atom stereocenters. The highest BCUT2D eigenvalue weighted by atomic mass is 127. The molecule has 1 saturated heterocycles. The molecular weight excluding hydrogens is 399 g/mol. The minimum absolute atomic E-state index is 0. The van der Waals surface area contributed by atoms with Gasteiger partial charge in [-0.2, -0.15) is 0 Å². The number of hydrogen-bond acceptors (Lipinski definition) is 2. The molecule has 0 spiro atoms. The van der Waals surface area contributed by atoms with Crippen molar-refractivity contribution in [3.8, 4) is 0 Å². The van der Waals surface area contributed by atoms with Crippen LogP contribution in [0.1, 0.15) is 26.2 Å². The van der Waals surface area contributed by atoms with Crippen LogP contribution >= 0.6 is 24.0 Å². The summed E-state index contributed by atoms with van der Waals surface area (Å²) in [6.07, 6.45) is 4.10. The van der Waals surface area contributed by atoms with Crippen LogP contribution in [0.4, 0.5) is 5.69 Å². The number of aliphatic imine (C=N–C) groups is 1.